The molecule has 0 aliphatic rings. The summed E-state index contributed by atoms with van der Waals surface area (Å²) in [6.07, 6.45) is 9.15. The fourth-order valence-corrected chi connectivity index (χ4v) is 0.529. The molecule has 0 aromatic rings. The largest absolute Gasteiger partial charge is 0.323 e. The average molecular weight is 126 g/mol. The lowest BCUT2D eigenvalue weighted by Crippen LogP contribution is -1.77. The molecule has 0 fully saturated rings. The molecule has 2 N–H and O–H groups in total. The number of hydrogen-bond donors (Lipinski definition) is 1. The first kappa shape index (κ1) is 8.21. The fraction of sp³-hybridized carbons (Fsp3) is 0.571. The van der Waals surface area contributed by atoms with E-state index in [1.165, 1.54) is 12.8 Å². The monoisotopic (exact) mass is 126 g/mol. The molecule has 0 saturated carbocycles. The first-order chi connectivity index (χ1) is 4.41. The van der Waals surface area contributed by atoms with Crippen LogP contribution in [0, 0.1) is 0 Å². The lowest BCUT2D eigenvalue weighted by Gasteiger charge is -1.84. The minimum atomic E-state index is 1.13. The molecule has 0 saturated heterocycles. The van der Waals surface area contributed by atoms with Gasteiger partial charge in [0.15, 0.2) is 0 Å². The highest BCUT2D eigenvalue weighted by atomic mass is 15.1. The van der Waals surface area contributed by atoms with Gasteiger partial charge in [0.1, 0.15) is 0 Å². The van der Waals surface area contributed by atoms with E-state index in [2.05, 4.69) is 18.1 Å². The third-order valence-corrected chi connectivity index (χ3v) is 1.03. The summed E-state index contributed by atoms with van der Waals surface area (Å²) in [6, 6.07) is 0. The number of nitrogens with zero attached hydrogens (tertiary/aromatic N) is 1. The van der Waals surface area contributed by atoms with Gasteiger partial charge in [-0.2, -0.15) is 5.10 Å². The Labute approximate surface area is 56.4 Å². The minimum absolute atomic E-state index is 1.13. The Hall–Kier alpha value is -0.790. The molecule has 0 rings (SSSR count). The molecule has 0 unspecified atom stereocenters. The van der Waals surface area contributed by atoms with Crippen molar-refractivity contribution >= 4 is 6.21 Å². The molecule has 0 aliphatic heterocycles. The van der Waals surface area contributed by atoms with Crippen LogP contribution in [-0.2, 0) is 0 Å². The van der Waals surface area contributed by atoms with Gasteiger partial charge in [-0.05, 0) is 12.5 Å². The van der Waals surface area contributed by atoms with Gasteiger partial charge in [0.25, 0.3) is 0 Å². The maximum absolute atomic E-state index is 4.86. The van der Waals surface area contributed by atoms with Crippen LogP contribution < -0.4 is 5.84 Å². The van der Waals surface area contributed by atoms with Crippen LogP contribution in [0.1, 0.15) is 26.2 Å². The summed E-state index contributed by atoms with van der Waals surface area (Å²) in [6.45, 7) is 2.17. The normalized spacial score (nSPS) is 11.7. The van der Waals surface area contributed by atoms with Crippen molar-refractivity contribution < 1.29 is 0 Å². The highest BCUT2D eigenvalue weighted by molar-refractivity contribution is 5.70. The fourth-order valence-electron chi connectivity index (χ4n) is 0.529. The SMILES string of the molecule is CCCCC=CC=NN. The number of nitrogens with two attached hydrogens (primary N) is 1. The molecule has 0 atom stereocenters. The van der Waals surface area contributed by atoms with E-state index in [1.54, 1.807) is 6.21 Å². The van der Waals surface area contributed by atoms with E-state index in [4.69, 9.17) is 5.84 Å². The van der Waals surface area contributed by atoms with Crippen molar-refractivity contribution in [3.63, 3.8) is 0 Å². The van der Waals surface area contributed by atoms with Crippen molar-refractivity contribution in [2.75, 3.05) is 0 Å². The number of allylic oxidation sites excluding steroid dienone is 2. The van der Waals surface area contributed by atoms with Gasteiger partial charge in [0, 0.05) is 6.21 Å². The molecule has 9 heavy (non-hydrogen) atoms. The minimum Gasteiger partial charge on any atom is -0.323 e. The van der Waals surface area contributed by atoms with Crippen LogP contribution in [0.15, 0.2) is 17.3 Å². The zero-order chi connectivity index (χ0) is 6.95. The van der Waals surface area contributed by atoms with Crippen molar-refractivity contribution in [2.24, 2.45) is 10.9 Å². The van der Waals surface area contributed by atoms with Gasteiger partial charge in [-0.3, -0.25) is 0 Å². The summed E-state index contributed by atoms with van der Waals surface area (Å²) in [7, 11) is 0. The number of rotatable bonds is 4. The summed E-state index contributed by atoms with van der Waals surface area (Å²) < 4.78 is 0. The molecule has 0 aromatic carbocycles. The van der Waals surface area contributed by atoms with Crippen molar-refractivity contribution in [3.05, 3.63) is 12.2 Å². The third kappa shape index (κ3) is 7.21. The summed E-state index contributed by atoms with van der Waals surface area (Å²) in [5, 5.41) is 3.32. The molecule has 52 valence electrons. The quantitative estimate of drug-likeness (QED) is 0.264. The first-order valence-electron chi connectivity index (χ1n) is 3.30. The van der Waals surface area contributed by atoms with Crippen molar-refractivity contribution in [3.8, 4) is 0 Å². The van der Waals surface area contributed by atoms with Gasteiger partial charge in [-0.25, -0.2) is 0 Å². The van der Waals surface area contributed by atoms with E-state index in [-0.39, 0.29) is 0 Å². The Kier molecular flexibility index (Phi) is 6.58. The molecular formula is C7H14N2. The smallest absolute Gasteiger partial charge is 0.0462 e. The number of unbranched alkanes of at least 4 members (excludes halogenated alkanes) is 2. The predicted molar refractivity (Wildman–Crippen MR) is 41.3 cm³/mol. The predicted octanol–water partition coefficient (Wildman–Crippen LogP) is 1.68. The second-order valence-corrected chi connectivity index (χ2v) is 1.87. The summed E-state index contributed by atoms with van der Waals surface area (Å²) in [4.78, 5) is 0. The van der Waals surface area contributed by atoms with Gasteiger partial charge >= 0.3 is 0 Å². The van der Waals surface area contributed by atoms with Gasteiger partial charge in [0.2, 0.25) is 0 Å². The van der Waals surface area contributed by atoms with Crippen LogP contribution in [0.25, 0.3) is 0 Å². The molecule has 0 bridgehead atoms. The van der Waals surface area contributed by atoms with Crippen molar-refractivity contribution in [2.45, 2.75) is 26.2 Å². The van der Waals surface area contributed by atoms with E-state index >= 15 is 0 Å². The van der Waals surface area contributed by atoms with Crippen LogP contribution in [0.5, 0.6) is 0 Å². The third-order valence-electron chi connectivity index (χ3n) is 1.03. The summed E-state index contributed by atoms with van der Waals surface area (Å²) in [5.41, 5.74) is 0. The topological polar surface area (TPSA) is 38.4 Å². The van der Waals surface area contributed by atoms with Gasteiger partial charge in [-0.1, -0.05) is 25.8 Å². The second-order valence-electron chi connectivity index (χ2n) is 1.87. The highest BCUT2D eigenvalue weighted by Gasteiger charge is 1.74. The van der Waals surface area contributed by atoms with Gasteiger partial charge in [0.05, 0.1) is 0 Å². The molecular weight excluding hydrogens is 112 g/mol. The Balaban J connectivity index is 3.04. The number of hydrazone groups is 1. The van der Waals surface area contributed by atoms with E-state index in [9.17, 15) is 0 Å². The second kappa shape index (κ2) is 7.21. The lowest BCUT2D eigenvalue weighted by atomic mass is 10.2. The maximum atomic E-state index is 4.86. The zero-order valence-electron chi connectivity index (χ0n) is 5.88. The van der Waals surface area contributed by atoms with Crippen molar-refractivity contribution in [1.82, 2.24) is 0 Å². The molecule has 0 spiro atoms. The Bertz CT molecular complexity index is 95.1. The van der Waals surface area contributed by atoms with E-state index in [1.807, 2.05) is 6.08 Å². The van der Waals surface area contributed by atoms with Crippen LogP contribution >= 0.6 is 0 Å². The molecule has 0 aliphatic carbocycles. The standard InChI is InChI=1S/C7H14N2/c1-2-3-4-5-6-7-9-8/h5-7H,2-4,8H2,1H3. The van der Waals surface area contributed by atoms with E-state index < -0.39 is 0 Å². The van der Waals surface area contributed by atoms with Crippen LogP contribution in [0.2, 0.25) is 0 Å². The van der Waals surface area contributed by atoms with Gasteiger partial charge < -0.3 is 5.84 Å². The van der Waals surface area contributed by atoms with Crippen molar-refractivity contribution in [1.29, 1.82) is 0 Å². The zero-order valence-corrected chi connectivity index (χ0v) is 5.88. The van der Waals surface area contributed by atoms with Crippen LogP contribution in [0.4, 0.5) is 0 Å². The summed E-state index contributed by atoms with van der Waals surface area (Å²) >= 11 is 0. The van der Waals surface area contributed by atoms with Crippen LogP contribution in [-0.4, -0.2) is 6.21 Å². The molecule has 0 amide bonds. The number of hydrogen-bond acceptors (Lipinski definition) is 2. The Morgan fingerprint density at radius 3 is 2.89 bits per heavy atom. The summed E-state index contributed by atoms with van der Waals surface area (Å²) in [5.74, 6) is 4.86. The Morgan fingerprint density at radius 2 is 2.33 bits per heavy atom. The molecule has 0 radical (unpaired) electrons. The average Bonchev–Trinajstić information content (AvgIpc) is 1.89. The highest BCUT2D eigenvalue weighted by Crippen LogP contribution is 1.93. The Morgan fingerprint density at radius 1 is 1.56 bits per heavy atom. The van der Waals surface area contributed by atoms with Gasteiger partial charge in [-0.15, -0.1) is 0 Å². The maximum Gasteiger partial charge on any atom is 0.0462 e. The lowest BCUT2D eigenvalue weighted by molar-refractivity contribution is 0.815. The molecule has 2 nitrogen and oxygen atoms in total. The molecule has 2 heteroatoms. The van der Waals surface area contributed by atoms with Crippen LogP contribution in [0.3, 0.4) is 0 Å². The molecule has 0 aromatic heterocycles. The molecule has 0 heterocycles. The first-order valence-corrected chi connectivity index (χ1v) is 3.30. The van der Waals surface area contributed by atoms with E-state index in [0.717, 1.165) is 6.42 Å². The van der Waals surface area contributed by atoms with E-state index in [0.29, 0.717) is 0 Å².